The molecule has 2 aromatic rings. The van der Waals surface area contributed by atoms with Gasteiger partial charge in [0.05, 0.1) is 17.0 Å². The zero-order chi connectivity index (χ0) is 22.6. The van der Waals surface area contributed by atoms with Gasteiger partial charge in [-0.15, -0.1) is 5.10 Å². The van der Waals surface area contributed by atoms with Gasteiger partial charge in [-0.05, 0) is 36.8 Å². The summed E-state index contributed by atoms with van der Waals surface area (Å²) >= 11 is 0.946. The monoisotopic (exact) mass is 452 g/mol. The Morgan fingerprint density at radius 2 is 1.84 bits per heavy atom. The average molecular weight is 452 g/mol. The predicted octanol–water partition coefficient (Wildman–Crippen LogP) is 4.18. The fourth-order valence-corrected chi connectivity index (χ4v) is 3.58. The van der Waals surface area contributed by atoms with Crippen LogP contribution in [0.25, 0.3) is 0 Å². The Bertz CT molecular complexity index is 1050. The molecule has 2 amide bonds. The maximum atomic E-state index is 13.0. The van der Waals surface area contributed by atoms with Crippen molar-refractivity contribution in [3.05, 3.63) is 65.5 Å². The summed E-state index contributed by atoms with van der Waals surface area (Å²) in [5, 5.41) is 11.9. The van der Waals surface area contributed by atoms with Crippen LogP contribution in [0.2, 0.25) is 0 Å². The Balaban J connectivity index is 1.63. The van der Waals surface area contributed by atoms with Crippen molar-refractivity contribution in [2.45, 2.75) is 24.8 Å². The first-order chi connectivity index (χ1) is 14.6. The van der Waals surface area contributed by atoms with E-state index in [1.807, 2.05) is 0 Å². The van der Waals surface area contributed by atoms with Gasteiger partial charge in [0.2, 0.25) is 11.8 Å². The largest absolute Gasteiger partial charge is 0.418 e. The summed E-state index contributed by atoms with van der Waals surface area (Å²) in [6, 6.07) is 10.2. The summed E-state index contributed by atoms with van der Waals surface area (Å²) in [7, 11) is 0. The van der Waals surface area contributed by atoms with Gasteiger partial charge in [-0.2, -0.15) is 18.3 Å². The Kier molecular flexibility index (Phi) is 6.74. The zero-order valence-electron chi connectivity index (χ0n) is 16.0. The number of nitrogens with zero attached hydrogens (tertiary/aromatic N) is 2. The summed E-state index contributed by atoms with van der Waals surface area (Å²) in [5.74, 6) is -1.63. The van der Waals surface area contributed by atoms with Crippen LogP contribution in [0.4, 0.5) is 23.2 Å². The molecule has 31 heavy (non-hydrogen) atoms. The third kappa shape index (κ3) is 5.91. The number of amidine groups is 1. The molecule has 1 fully saturated rings. The molecular formula is C20H16F4N4O2S. The molecule has 3 rings (SSSR count). The standard InChI is InChI=1S/C20H16F4N4O2S/c1-11(12-6-8-13(21)9-7-12)27-28-19-26-18(30)16(31-19)10-17(29)25-15-5-3-2-4-14(15)20(22,23)24/h2-9,16H,10H2,1H3,(H,25,29)(H,26,28,30)/t16-/m1/s1. The lowest BCUT2D eigenvalue weighted by Gasteiger charge is -2.14. The minimum absolute atomic E-state index is 0.153. The highest BCUT2D eigenvalue weighted by Crippen LogP contribution is 2.34. The second-order valence-electron chi connectivity index (χ2n) is 6.49. The van der Waals surface area contributed by atoms with Gasteiger partial charge < -0.3 is 10.6 Å². The van der Waals surface area contributed by atoms with Crippen LogP contribution >= 0.6 is 11.8 Å². The van der Waals surface area contributed by atoms with Crippen molar-refractivity contribution < 1.29 is 27.2 Å². The predicted molar refractivity (Wildman–Crippen MR) is 110 cm³/mol. The number of hydrogen-bond acceptors (Lipinski definition) is 5. The van der Waals surface area contributed by atoms with Crippen LogP contribution in [0.1, 0.15) is 24.5 Å². The molecule has 1 aliphatic rings. The molecule has 1 aliphatic heterocycles. The average Bonchev–Trinajstić information content (AvgIpc) is 3.05. The maximum absolute atomic E-state index is 13.0. The topological polar surface area (TPSA) is 82.9 Å². The second kappa shape index (κ2) is 9.29. The van der Waals surface area contributed by atoms with Crippen molar-refractivity contribution in [3.63, 3.8) is 0 Å². The van der Waals surface area contributed by atoms with E-state index in [-0.39, 0.29) is 23.1 Å². The molecule has 6 nitrogen and oxygen atoms in total. The number of para-hydroxylation sites is 1. The van der Waals surface area contributed by atoms with Crippen LogP contribution in [0.3, 0.4) is 0 Å². The van der Waals surface area contributed by atoms with Crippen molar-refractivity contribution >= 4 is 40.1 Å². The molecule has 0 spiro atoms. The van der Waals surface area contributed by atoms with Crippen molar-refractivity contribution in [2.24, 2.45) is 10.2 Å². The molecule has 0 saturated carbocycles. The van der Waals surface area contributed by atoms with Gasteiger partial charge in [-0.25, -0.2) is 4.39 Å². The number of halogens is 4. The smallest absolute Gasteiger partial charge is 0.325 e. The third-order valence-corrected chi connectivity index (χ3v) is 5.28. The highest BCUT2D eigenvalue weighted by molar-refractivity contribution is 8.15. The van der Waals surface area contributed by atoms with Crippen LogP contribution in [0, 0.1) is 5.82 Å². The van der Waals surface area contributed by atoms with Crippen LogP contribution in [0.5, 0.6) is 0 Å². The Labute approximate surface area is 178 Å². The summed E-state index contributed by atoms with van der Waals surface area (Å²) in [4.78, 5) is 24.3. The molecule has 2 aromatic carbocycles. The molecular weight excluding hydrogens is 436 g/mol. The van der Waals surface area contributed by atoms with E-state index < -0.39 is 28.8 Å². The zero-order valence-corrected chi connectivity index (χ0v) is 16.9. The molecule has 0 radical (unpaired) electrons. The second-order valence-corrected chi connectivity index (χ2v) is 7.68. The van der Waals surface area contributed by atoms with Crippen LogP contribution < -0.4 is 10.6 Å². The highest BCUT2D eigenvalue weighted by atomic mass is 32.2. The summed E-state index contributed by atoms with van der Waals surface area (Å²) in [5.41, 5.74) is -0.233. The lowest BCUT2D eigenvalue weighted by atomic mass is 10.1. The van der Waals surface area contributed by atoms with E-state index in [0.717, 1.165) is 23.9 Å². The number of nitrogens with one attached hydrogen (secondary N) is 2. The number of alkyl halides is 3. The lowest BCUT2D eigenvalue weighted by Crippen LogP contribution is -2.28. The summed E-state index contributed by atoms with van der Waals surface area (Å²) < 4.78 is 52.1. The van der Waals surface area contributed by atoms with Crippen LogP contribution in [-0.4, -0.2) is 27.9 Å². The lowest BCUT2D eigenvalue weighted by molar-refractivity contribution is -0.137. The number of carbonyl (C=O) groups is 2. The first-order valence-corrected chi connectivity index (χ1v) is 9.83. The van der Waals surface area contributed by atoms with Gasteiger partial charge >= 0.3 is 6.18 Å². The minimum atomic E-state index is -4.62. The van der Waals surface area contributed by atoms with Gasteiger partial charge in [-0.1, -0.05) is 36.0 Å². The molecule has 2 N–H and O–H groups in total. The fraction of sp³-hybridized carbons (Fsp3) is 0.200. The maximum Gasteiger partial charge on any atom is 0.418 e. The molecule has 1 atom stereocenters. The first kappa shape index (κ1) is 22.5. The number of amides is 2. The normalized spacial score (nSPS) is 18.2. The van der Waals surface area contributed by atoms with Crippen molar-refractivity contribution in [3.8, 4) is 0 Å². The van der Waals surface area contributed by atoms with Crippen LogP contribution in [-0.2, 0) is 15.8 Å². The molecule has 1 saturated heterocycles. The van der Waals surface area contributed by atoms with Gasteiger partial charge in [0.15, 0.2) is 5.17 Å². The van der Waals surface area contributed by atoms with E-state index in [0.29, 0.717) is 11.3 Å². The number of rotatable bonds is 5. The van der Waals surface area contributed by atoms with E-state index in [2.05, 4.69) is 20.8 Å². The quantitative estimate of drug-likeness (QED) is 0.406. The van der Waals surface area contributed by atoms with Crippen LogP contribution in [0.15, 0.2) is 58.7 Å². The Morgan fingerprint density at radius 3 is 2.52 bits per heavy atom. The molecule has 0 aliphatic carbocycles. The molecule has 11 heteroatoms. The molecule has 1 heterocycles. The van der Waals surface area contributed by atoms with Gasteiger partial charge in [0.25, 0.3) is 0 Å². The summed E-state index contributed by atoms with van der Waals surface area (Å²) in [6.45, 7) is 1.65. The molecule has 0 unspecified atom stereocenters. The first-order valence-electron chi connectivity index (χ1n) is 8.95. The third-order valence-electron chi connectivity index (χ3n) is 4.21. The van der Waals surface area contributed by atoms with Gasteiger partial charge in [-0.3, -0.25) is 9.59 Å². The minimum Gasteiger partial charge on any atom is -0.325 e. The summed E-state index contributed by atoms with van der Waals surface area (Å²) in [6.07, 6.45) is -4.97. The SMILES string of the molecule is CC(=NN=C1NC(=O)[C@@H](CC(=O)Nc2ccccc2C(F)(F)F)S1)c1ccc(F)cc1. The van der Waals surface area contributed by atoms with Gasteiger partial charge in [0.1, 0.15) is 11.1 Å². The molecule has 0 aromatic heterocycles. The van der Waals surface area contributed by atoms with Crippen molar-refractivity contribution in [2.75, 3.05) is 5.32 Å². The number of thioether (sulfide) groups is 1. The van der Waals surface area contributed by atoms with Crippen molar-refractivity contribution in [1.29, 1.82) is 0 Å². The van der Waals surface area contributed by atoms with E-state index >= 15 is 0 Å². The van der Waals surface area contributed by atoms with E-state index in [1.165, 1.54) is 36.4 Å². The molecule has 162 valence electrons. The highest BCUT2D eigenvalue weighted by Gasteiger charge is 2.35. The van der Waals surface area contributed by atoms with E-state index in [1.54, 1.807) is 6.92 Å². The number of hydrogen-bond donors (Lipinski definition) is 2. The number of carbonyl (C=O) groups excluding carboxylic acids is 2. The molecule has 0 bridgehead atoms. The van der Waals surface area contributed by atoms with E-state index in [9.17, 15) is 27.2 Å². The van der Waals surface area contributed by atoms with Gasteiger partial charge in [0, 0.05) is 6.42 Å². The Hall–Kier alpha value is -3.21. The number of benzene rings is 2. The van der Waals surface area contributed by atoms with E-state index in [4.69, 9.17) is 0 Å². The fourth-order valence-electron chi connectivity index (χ4n) is 2.66. The Morgan fingerprint density at radius 1 is 1.16 bits per heavy atom. The number of anilines is 1. The van der Waals surface area contributed by atoms with Crippen molar-refractivity contribution in [1.82, 2.24) is 5.32 Å².